The van der Waals surface area contributed by atoms with Gasteiger partial charge in [0.1, 0.15) is 0 Å². The molecule has 0 aliphatic carbocycles. The Morgan fingerprint density at radius 3 is 2.62 bits per heavy atom. The molecular weight excluding hydrogens is 326 g/mol. The number of hydrogen-bond donors (Lipinski definition) is 2. The zero-order valence-electron chi connectivity index (χ0n) is 13.1. The highest BCUT2D eigenvalue weighted by Gasteiger charge is 2.20. The van der Waals surface area contributed by atoms with Crippen LogP contribution in [0.3, 0.4) is 0 Å². The molecule has 3 aromatic rings. The predicted octanol–water partition coefficient (Wildman–Crippen LogP) is 3.59. The Morgan fingerprint density at radius 2 is 1.96 bits per heavy atom. The van der Waals surface area contributed by atoms with Crippen molar-refractivity contribution in [3.63, 3.8) is 0 Å². The number of furan rings is 1. The van der Waals surface area contributed by atoms with Crippen LogP contribution >= 0.6 is 11.8 Å². The molecule has 0 saturated carbocycles. The maximum Gasteiger partial charge on any atom is 0.300 e. The van der Waals surface area contributed by atoms with Gasteiger partial charge in [-0.3, -0.25) is 14.7 Å². The minimum atomic E-state index is -0.737. The predicted molar refractivity (Wildman–Crippen MR) is 90.3 cm³/mol. The number of ketones is 1. The van der Waals surface area contributed by atoms with Crippen LogP contribution in [-0.4, -0.2) is 21.9 Å². The highest BCUT2D eigenvalue weighted by atomic mass is 32.2. The molecule has 7 heteroatoms. The van der Waals surface area contributed by atoms with Crippen molar-refractivity contribution >= 4 is 29.1 Å². The number of rotatable bonds is 5. The van der Waals surface area contributed by atoms with Crippen molar-refractivity contribution in [2.75, 3.05) is 5.32 Å². The topological polar surface area (TPSA) is 88.0 Å². The fourth-order valence-electron chi connectivity index (χ4n) is 2.16. The normalized spacial score (nSPS) is 10.6. The van der Waals surface area contributed by atoms with E-state index in [0.717, 1.165) is 21.2 Å². The van der Waals surface area contributed by atoms with Crippen LogP contribution < -0.4 is 5.32 Å². The summed E-state index contributed by atoms with van der Waals surface area (Å²) in [5, 5.41) is 9.74. The van der Waals surface area contributed by atoms with Gasteiger partial charge < -0.3 is 9.73 Å². The number of carbonyl (C=O) groups excluding carboxylic acids is 2. The van der Waals surface area contributed by atoms with Gasteiger partial charge in [-0.1, -0.05) is 23.9 Å². The number of hydrogen-bond acceptors (Lipinski definition) is 5. The zero-order chi connectivity index (χ0) is 17.1. The van der Waals surface area contributed by atoms with E-state index in [1.54, 1.807) is 18.2 Å². The van der Waals surface area contributed by atoms with Crippen molar-refractivity contribution in [1.29, 1.82) is 0 Å². The highest BCUT2D eigenvalue weighted by molar-refractivity contribution is 7.99. The second-order valence-corrected chi connectivity index (χ2v) is 6.17. The average Bonchev–Trinajstić information content (AvgIpc) is 3.21. The summed E-state index contributed by atoms with van der Waals surface area (Å²) >= 11 is 1.48. The van der Waals surface area contributed by atoms with Gasteiger partial charge in [-0.05, 0) is 38.1 Å². The Hall–Kier alpha value is -2.80. The molecule has 2 aromatic heterocycles. The Bertz CT molecular complexity index is 865. The summed E-state index contributed by atoms with van der Waals surface area (Å²) in [6.07, 6.45) is 1.36. The monoisotopic (exact) mass is 341 g/mol. The lowest BCUT2D eigenvalue weighted by Crippen LogP contribution is -2.22. The fourth-order valence-corrected chi connectivity index (χ4v) is 3.15. The van der Waals surface area contributed by atoms with E-state index in [1.807, 2.05) is 26.0 Å². The van der Waals surface area contributed by atoms with Gasteiger partial charge in [0, 0.05) is 10.6 Å². The lowest BCUT2D eigenvalue weighted by Gasteiger charge is -2.10. The van der Waals surface area contributed by atoms with Crippen molar-refractivity contribution in [2.24, 2.45) is 0 Å². The minimum absolute atomic E-state index is 0.0131. The number of para-hydroxylation sites is 1. The molecule has 2 heterocycles. The molecule has 2 N–H and O–H groups in total. The molecule has 0 saturated heterocycles. The summed E-state index contributed by atoms with van der Waals surface area (Å²) in [6, 6.07) is 10.3. The van der Waals surface area contributed by atoms with Crippen LogP contribution in [0.1, 0.15) is 21.9 Å². The number of Topliss-reactive ketones (excluding diaryl/α,β-unsaturated/α-hetero) is 1. The molecule has 0 atom stereocenters. The van der Waals surface area contributed by atoms with Gasteiger partial charge >= 0.3 is 0 Å². The van der Waals surface area contributed by atoms with E-state index in [1.165, 1.54) is 24.1 Å². The summed E-state index contributed by atoms with van der Waals surface area (Å²) in [5.41, 5.74) is 2.39. The molecule has 0 bridgehead atoms. The minimum Gasteiger partial charge on any atom is -0.461 e. The van der Waals surface area contributed by atoms with Crippen molar-refractivity contribution in [1.82, 2.24) is 10.2 Å². The molecule has 0 fully saturated rings. The van der Waals surface area contributed by atoms with Gasteiger partial charge in [0.15, 0.2) is 5.76 Å². The Kier molecular flexibility index (Phi) is 4.52. The first-order valence-corrected chi connectivity index (χ1v) is 8.05. The van der Waals surface area contributed by atoms with E-state index in [9.17, 15) is 9.59 Å². The maximum atomic E-state index is 12.2. The standard InChI is InChI=1S/C17H15N3O3S/c1-10-16(11(2)20-19-10)24-14-8-4-3-6-12(14)18-17(22)15(21)13-7-5-9-23-13/h3-9H,1-2H3,(H,18,22)(H,19,20). The van der Waals surface area contributed by atoms with Crippen LogP contribution in [0.25, 0.3) is 0 Å². The van der Waals surface area contributed by atoms with E-state index in [2.05, 4.69) is 15.5 Å². The SMILES string of the molecule is Cc1n[nH]c(C)c1Sc1ccccc1NC(=O)C(=O)c1ccco1. The zero-order valence-corrected chi connectivity index (χ0v) is 13.9. The fraction of sp³-hybridized carbons (Fsp3) is 0.118. The van der Waals surface area contributed by atoms with Gasteiger partial charge in [0.25, 0.3) is 11.7 Å². The third kappa shape index (κ3) is 3.26. The number of aromatic nitrogens is 2. The van der Waals surface area contributed by atoms with Crippen molar-refractivity contribution < 1.29 is 14.0 Å². The molecule has 6 nitrogen and oxygen atoms in total. The van der Waals surface area contributed by atoms with E-state index >= 15 is 0 Å². The molecular formula is C17H15N3O3S. The second-order valence-electron chi connectivity index (χ2n) is 5.12. The summed E-state index contributed by atoms with van der Waals surface area (Å²) in [6.45, 7) is 3.84. The van der Waals surface area contributed by atoms with Crippen molar-refractivity contribution in [3.05, 3.63) is 59.8 Å². The largest absolute Gasteiger partial charge is 0.461 e. The molecule has 0 aliphatic rings. The van der Waals surface area contributed by atoms with Crippen molar-refractivity contribution in [3.8, 4) is 0 Å². The highest BCUT2D eigenvalue weighted by Crippen LogP contribution is 2.36. The summed E-state index contributed by atoms with van der Waals surface area (Å²) in [4.78, 5) is 26.0. The summed E-state index contributed by atoms with van der Waals surface area (Å²) in [7, 11) is 0. The first-order chi connectivity index (χ1) is 11.6. The molecule has 1 aromatic carbocycles. The maximum absolute atomic E-state index is 12.2. The third-order valence-electron chi connectivity index (χ3n) is 3.36. The quantitative estimate of drug-likeness (QED) is 0.547. The molecule has 0 unspecified atom stereocenters. The molecule has 3 rings (SSSR count). The first kappa shape index (κ1) is 16.1. The van der Waals surface area contributed by atoms with Gasteiger partial charge in [0.2, 0.25) is 0 Å². The number of H-pyrrole nitrogens is 1. The number of nitrogens with zero attached hydrogens (tertiary/aromatic N) is 1. The van der Waals surface area contributed by atoms with Crippen LogP contribution in [0, 0.1) is 13.8 Å². The molecule has 122 valence electrons. The van der Waals surface area contributed by atoms with Gasteiger partial charge in [-0.25, -0.2) is 0 Å². The van der Waals surface area contributed by atoms with E-state index < -0.39 is 11.7 Å². The smallest absolute Gasteiger partial charge is 0.300 e. The molecule has 0 radical (unpaired) electrons. The lowest BCUT2D eigenvalue weighted by atomic mass is 10.2. The van der Waals surface area contributed by atoms with Crippen molar-refractivity contribution in [2.45, 2.75) is 23.6 Å². The number of nitrogens with one attached hydrogen (secondary N) is 2. The summed E-state index contributed by atoms with van der Waals surface area (Å²) < 4.78 is 4.97. The number of aromatic amines is 1. The average molecular weight is 341 g/mol. The summed E-state index contributed by atoms with van der Waals surface area (Å²) in [5.74, 6) is -1.44. The number of anilines is 1. The van der Waals surface area contributed by atoms with E-state index in [-0.39, 0.29) is 5.76 Å². The van der Waals surface area contributed by atoms with Gasteiger partial charge in [-0.15, -0.1) is 0 Å². The van der Waals surface area contributed by atoms with E-state index in [0.29, 0.717) is 5.69 Å². The van der Waals surface area contributed by atoms with Crippen LogP contribution in [0.2, 0.25) is 0 Å². The van der Waals surface area contributed by atoms with Gasteiger partial charge in [-0.2, -0.15) is 5.10 Å². The van der Waals surface area contributed by atoms with Crippen LogP contribution in [-0.2, 0) is 4.79 Å². The second kappa shape index (κ2) is 6.76. The van der Waals surface area contributed by atoms with Crippen LogP contribution in [0.4, 0.5) is 5.69 Å². The number of benzene rings is 1. The first-order valence-electron chi connectivity index (χ1n) is 7.24. The molecule has 0 spiro atoms. The van der Waals surface area contributed by atoms with Gasteiger partial charge in [0.05, 0.1) is 22.5 Å². The Balaban J connectivity index is 1.82. The number of carbonyl (C=O) groups is 2. The van der Waals surface area contributed by atoms with E-state index in [4.69, 9.17) is 4.42 Å². The lowest BCUT2D eigenvalue weighted by molar-refractivity contribution is -0.112. The molecule has 24 heavy (non-hydrogen) atoms. The number of amides is 1. The Labute approximate surface area is 142 Å². The Morgan fingerprint density at radius 1 is 1.17 bits per heavy atom. The molecule has 0 aliphatic heterocycles. The number of aryl methyl sites for hydroxylation is 2. The van der Waals surface area contributed by atoms with Crippen LogP contribution in [0.15, 0.2) is 56.9 Å². The van der Waals surface area contributed by atoms with Crippen LogP contribution in [0.5, 0.6) is 0 Å². The molecule has 1 amide bonds. The third-order valence-corrected chi connectivity index (χ3v) is 4.74.